The van der Waals surface area contributed by atoms with Gasteiger partial charge in [-0.05, 0) is 60.4 Å². The molecule has 0 spiro atoms. The highest BCUT2D eigenvalue weighted by Gasteiger charge is 2.21. The number of carbonyl (C=O) groups excluding carboxylic acids is 1. The maximum atomic E-state index is 13.7. The van der Waals surface area contributed by atoms with Crippen molar-refractivity contribution in [2.45, 2.75) is 66.5 Å². The summed E-state index contributed by atoms with van der Waals surface area (Å²) in [6, 6.07) is 10.2. The van der Waals surface area contributed by atoms with E-state index >= 15 is 0 Å². The second kappa shape index (κ2) is 14.3. The topological polar surface area (TPSA) is 84.8 Å². The van der Waals surface area contributed by atoms with E-state index in [1.165, 1.54) is 5.56 Å². The van der Waals surface area contributed by atoms with E-state index in [-0.39, 0.29) is 5.91 Å². The number of nitrogens with one attached hydrogen (secondary N) is 1. The Hall–Kier alpha value is -3.17. The predicted molar refractivity (Wildman–Crippen MR) is 167 cm³/mol. The second-order valence-electron chi connectivity index (χ2n) is 12.5. The number of fused-ring (bicyclic) bond motifs is 2. The quantitative estimate of drug-likeness (QED) is 0.281. The zero-order valence-corrected chi connectivity index (χ0v) is 25.9. The van der Waals surface area contributed by atoms with Crippen molar-refractivity contribution >= 4 is 23.0 Å². The van der Waals surface area contributed by atoms with Crippen LogP contribution in [-0.4, -0.2) is 82.8 Å². The predicted octanol–water partition coefficient (Wildman–Crippen LogP) is 5.24. The molecule has 1 saturated heterocycles. The van der Waals surface area contributed by atoms with E-state index in [4.69, 9.17) is 19.4 Å². The van der Waals surface area contributed by atoms with Gasteiger partial charge in [-0.3, -0.25) is 14.3 Å². The van der Waals surface area contributed by atoms with Crippen molar-refractivity contribution in [3.63, 3.8) is 0 Å². The number of nitrogens with zero attached hydrogens (tertiary/aromatic N) is 5. The van der Waals surface area contributed by atoms with Gasteiger partial charge in [0.25, 0.3) is 5.91 Å². The maximum absolute atomic E-state index is 13.7. The monoisotopic (exact) mass is 576 g/mol. The van der Waals surface area contributed by atoms with Crippen LogP contribution in [0.3, 0.4) is 0 Å². The average Bonchev–Trinajstić information content (AvgIpc) is 3.60. The largest absolute Gasteiger partial charge is 0.493 e. The van der Waals surface area contributed by atoms with Crippen LogP contribution in [0.15, 0.2) is 30.3 Å². The first-order valence-corrected chi connectivity index (χ1v) is 15.8. The molecule has 3 aromatic rings. The van der Waals surface area contributed by atoms with Gasteiger partial charge in [0.2, 0.25) is 5.95 Å². The molecule has 0 atom stereocenters. The summed E-state index contributed by atoms with van der Waals surface area (Å²) >= 11 is 0. The molecule has 1 fully saturated rings. The Bertz CT molecular complexity index is 1320. The van der Waals surface area contributed by atoms with E-state index in [9.17, 15) is 4.79 Å². The van der Waals surface area contributed by atoms with Crippen LogP contribution in [0.4, 0.5) is 5.95 Å². The summed E-state index contributed by atoms with van der Waals surface area (Å²) in [5.41, 5.74) is 4.47. The normalized spacial score (nSPS) is 15.4. The number of anilines is 1. The standard InChI is InChI=1S/C33H48N6O3/c1-24(2)10-15-38(16-11-25(3)4)32(40)29-9-8-28-31(35-29)39(14-5-13-37-17-20-41-21-18-37)33(36-28)34-23-26-6-7-27-12-19-42-30(27)22-26/h6-9,22,24-25H,5,10-21,23H2,1-4H3,(H,34,36). The fraction of sp³-hybridized carbons (Fsp3) is 0.606. The average molecular weight is 577 g/mol. The van der Waals surface area contributed by atoms with Gasteiger partial charge in [-0.1, -0.05) is 39.8 Å². The Kier molecular flexibility index (Phi) is 10.3. The van der Waals surface area contributed by atoms with Gasteiger partial charge in [-0.2, -0.15) is 0 Å². The molecule has 2 aliphatic heterocycles. The first-order valence-electron chi connectivity index (χ1n) is 15.8. The molecule has 1 aromatic carbocycles. The van der Waals surface area contributed by atoms with Crippen molar-refractivity contribution < 1.29 is 14.3 Å². The minimum Gasteiger partial charge on any atom is -0.493 e. The van der Waals surface area contributed by atoms with Crippen LogP contribution in [-0.2, 0) is 24.2 Å². The van der Waals surface area contributed by atoms with Crippen molar-refractivity contribution in [2.75, 3.05) is 57.9 Å². The molecule has 228 valence electrons. The summed E-state index contributed by atoms with van der Waals surface area (Å²) in [7, 11) is 0. The maximum Gasteiger partial charge on any atom is 0.272 e. The second-order valence-corrected chi connectivity index (χ2v) is 12.5. The number of aryl methyl sites for hydroxylation is 1. The van der Waals surface area contributed by atoms with Gasteiger partial charge in [-0.25, -0.2) is 9.97 Å². The number of aromatic nitrogens is 3. The molecule has 0 unspecified atom stereocenters. The Morgan fingerprint density at radius 1 is 0.976 bits per heavy atom. The molecule has 0 bridgehead atoms. The molecule has 1 N–H and O–H groups in total. The third kappa shape index (κ3) is 7.81. The molecule has 42 heavy (non-hydrogen) atoms. The van der Waals surface area contributed by atoms with Crippen LogP contribution in [0.2, 0.25) is 0 Å². The number of pyridine rings is 1. The molecule has 0 aliphatic carbocycles. The molecule has 4 heterocycles. The van der Waals surface area contributed by atoms with Gasteiger partial charge < -0.3 is 19.7 Å². The van der Waals surface area contributed by atoms with E-state index in [1.54, 1.807) is 0 Å². The molecule has 5 rings (SSSR count). The zero-order chi connectivity index (χ0) is 29.5. The minimum atomic E-state index is 0.00640. The molecule has 2 aliphatic rings. The first-order chi connectivity index (χ1) is 20.4. The molecule has 9 heteroatoms. The number of benzene rings is 1. The molecule has 0 radical (unpaired) electrons. The van der Waals surface area contributed by atoms with E-state index < -0.39 is 0 Å². The molecular weight excluding hydrogens is 528 g/mol. The number of carbonyl (C=O) groups is 1. The number of ether oxygens (including phenoxy) is 2. The van der Waals surface area contributed by atoms with Crippen LogP contribution >= 0.6 is 0 Å². The van der Waals surface area contributed by atoms with Crippen LogP contribution in [0.1, 0.15) is 68.6 Å². The van der Waals surface area contributed by atoms with Gasteiger partial charge >= 0.3 is 0 Å². The number of imidazole rings is 1. The lowest BCUT2D eigenvalue weighted by atomic mass is 10.1. The zero-order valence-electron chi connectivity index (χ0n) is 25.9. The molecule has 2 aromatic heterocycles. The van der Waals surface area contributed by atoms with E-state index in [2.05, 4.69) is 60.7 Å². The Morgan fingerprint density at radius 3 is 2.48 bits per heavy atom. The lowest BCUT2D eigenvalue weighted by Crippen LogP contribution is -2.37. The summed E-state index contributed by atoms with van der Waals surface area (Å²) in [6.07, 6.45) is 3.89. The summed E-state index contributed by atoms with van der Waals surface area (Å²) < 4.78 is 13.5. The van der Waals surface area contributed by atoms with Crippen LogP contribution < -0.4 is 10.1 Å². The van der Waals surface area contributed by atoms with E-state index in [0.29, 0.717) is 24.1 Å². The van der Waals surface area contributed by atoms with Crippen molar-refractivity contribution in [3.8, 4) is 5.75 Å². The summed E-state index contributed by atoms with van der Waals surface area (Å²) in [5, 5.41) is 3.56. The van der Waals surface area contributed by atoms with Crippen LogP contribution in [0, 0.1) is 11.8 Å². The smallest absolute Gasteiger partial charge is 0.272 e. The summed E-state index contributed by atoms with van der Waals surface area (Å²) in [5.74, 6) is 2.84. The van der Waals surface area contributed by atoms with E-state index in [1.807, 2.05) is 17.0 Å². The highest BCUT2D eigenvalue weighted by molar-refractivity contribution is 5.94. The number of morpholine rings is 1. The van der Waals surface area contributed by atoms with Crippen LogP contribution in [0.5, 0.6) is 5.75 Å². The number of hydrogen-bond acceptors (Lipinski definition) is 7. The van der Waals surface area contributed by atoms with Gasteiger partial charge in [0.05, 0.1) is 19.8 Å². The van der Waals surface area contributed by atoms with Gasteiger partial charge in [0.1, 0.15) is 17.0 Å². The Balaban J connectivity index is 1.38. The molecule has 0 saturated carbocycles. The van der Waals surface area contributed by atoms with E-state index in [0.717, 1.165) is 113 Å². The lowest BCUT2D eigenvalue weighted by Gasteiger charge is -2.26. The number of rotatable bonds is 14. The SMILES string of the molecule is CC(C)CCN(CCC(C)C)C(=O)c1ccc2nc(NCc3ccc4c(c3)OCC4)n(CCCN3CCOCC3)c2n1. The third-order valence-electron chi connectivity index (χ3n) is 8.22. The van der Waals surface area contributed by atoms with Crippen molar-refractivity contribution in [2.24, 2.45) is 11.8 Å². The Morgan fingerprint density at radius 2 is 1.74 bits per heavy atom. The molecule has 1 amide bonds. The van der Waals surface area contributed by atoms with Gasteiger partial charge in [0.15, 0.2) is 5.65 Å². The molecular formula is C33H48N6O3. The molecule has 9 nitrogen and oxygen atoms in total. The highest BCUT2D eigenvalue weighted by atomic mass is 16.5. The minimum absolute atomic E-state index is 0.00640. The van der Waals surface area contributed by atoms with Crippen molar-refractivity contribution in [1.29, 1.82) is 0 Å². The van der Waals surface area contributed by atoms with Crippen molar-refractivity contribution in [1.82, 2.24) is 24.3 Å². The summed E-state index contributed by atoms with van der Waals surface area (Å²) in [4.78, 5) is 28.1. The van der Waals surface area contributed by atoms with Gasteiger partial charge in [0, 0.05) is 52.2 Å². The fourth-order valence-electron chi connectivity index (χ4n) is 5.55. The fourth-order valence-corrected chi connectivity index (χ4v) is 5.55. The number of amides is 1. The third-order valence-corrected chi connectivity index (χ3v) is 8.22. The number of hydrogen-bond donors (Lipinski definition) is 1. The van der Waals surface area contributed by atoms with Gasteiger partial charge in [-0.15, -0.1) is 0 Å². The van der Waals surface area contributed by atoms with Crippen molar-refractivity contribution in [3.05, 3.63) is 47.2 Å². The lowest BCUT2D eigenvalue weighted by molar-refractivity contribution is 0.0370. The first kappa shape index (κ1) is 30.3. The summed E-state index contributed by atoms with van der Waals surface area (Å²) in [6.45, 7) is 17.0. The Labute approximate surface area is 250 Å². The highest BCUT2D eigenvalue weighted by Crippen LogP contribution is 2.27. The van der Waals surface area contributed by atoms with Crippen LogP contribution in [0.25, 0.3) is 11.2 Å².